The lowest BCUT2D eigenvalue weighted by atomic mass is 9.95. The minimum atomic E-state index is -1.18. The van der Waals surface area contributed by atoms with Gasteiger partial charge in [0.25, 0.3) is 11.8 Å². The van der Waals surface area contributed by atoms with Crippen molar-refractivity contribution in [3.63, 3.8) is 0 Å². The molecule has 2 saturated heterocycles. The predicted molar refractivity (Wildman–Crippen MR) is 161 cm³/mol. The van der Waals surface area contributed by atoms with Gasteiger partial charge in [-0.3, -0.25) is 19.3 Å². The minimum absolute atomic E-state index is 0.0198. The zero-order valence-corrected chi connectivity index (χ0v) is 26.5. The second-order valence-corrected chi connectivity index (χ2v) is 14.1. The van der Waals surface area contributed by atoms with Gasteiger partial charge >= 0.3 is 6.09 Å². The van der Waals surface area contributed by atoms with Gasteiger partial charge in [0.2, 0.25) is 5.43 Å². The molecule has 2 aromatic rings. The van der Waals surface area contributed by atoms with Crippen molar-refractivity contribution in [1.29, 1.82) is 0 Å². The fraction of sp³-hybridized carbons (Fsp3) is 0.576. The van der Waals surface area contributed by atoms with Crippen molar-refractivity contribution < 1.29 is 42.5 Å². The SMILES string of the molecule is CC(C)(C)OC(=O)N1[C@H]2CC[C@H](C2)[C@H]1CO.O=C(NCc1c(F)cc(F)cc1F)c1cn2c(c(O)c1=O)C(=O)N1[C@H]3CC[C@H](C3)[C@H]1C2. The van der Waals surface area contributed by atoms with Crippen LogP contribution < -0.4 is 10.7 Å². The summed E-state index contributed by atoms with van der Waals surface area (Å²) in [5.74, 6) is -4.86. The Morgan fingerprint density at radius 1 is 1.00 bits per heavy atom. The molecule has 1 aromatic heterocycles. The van der Waals surface area contributed by atoms with Crippen LogP contribution >= 0.6 is 0 Å². The molecule has 11 nitrogen and oxygen atoms in total. The van der Waals surface area contributed by atoms with Gasteiger partial charge in [-0.2, -0.15) is 0 Å². The first-order valence-corrected chi connectivity index (χ1v) is 16.0. The molecule has 3 amide bonds. The lowest BCUT2D eigenvalue weighted by molar-refractivity contribution is -0.000490. The molecule has 3 N–H and O–H groups in total. The number of aliphatic hydroxyl groups excluding tert-OH is 1. The Labute approximate surface area is 269 Å². The minimum Gasteiger partial charge on any atom is -0.503 e. The van der Waals surface area contributed by atoms with Crippen molar-refractivity contribution in [1.82, 2.24) is 19.7 Å². The monoisotopic (exact) mass is 660 g/mol. The van der Waals surface area contributed by atoms with E-state index in [1.165, 1.54) is 10.8 Å². The third-order valence-corrected chi connectivity index (χ3v) is 10.1. The predicted octanol–water partition coefficient (Wildman–Crippen LogP) is 3.67. The van der Waals surface area contributed by atoms with Crippen LogP contribution in [0, 0.1) is 29.3 Å². The fourth-order valence-electron chi connectivity index (χ4n) is 8.08. The molecule has 2 saturated carbocycles. The molecule has 7 rings (SSSR count). The Morgan fingerprint density at radius 2 is 1.64 bits per heavy atom. The summed E-state index contributed by atoms with van der Waals surface area (Å²) in [5.41, 5.74) is -2.67. The number of aliphatic hydroxyl groups is 1. The number of pyridine rings is 1. The number of halogens is 3. The number of aromatic nitrogens is 1. The number of piperidine rings is 2. The van der Waals surface area contributed by atoms with E-state index in [-0.39, 0.29) is 42.6 Å². The molecule has 14 heteroatoms. The quantitative estimate of drug-likeness (QED) is 0.455. The highest BCUT2D eigenvalue weighted by Gasteiger charge is 2.52. The van der Waals surface area contributed by atoms with Gasteiger partial charge in [-0.15, -0.1) is 0 Å². The van der Waals surface area contributed by atoms with Crippen LogP contribution in [-0.4, -0.2) is 78.9 Å². The number of amides is 3. The van der Waals surface area contributed by atoms with Crippen LogP contribution in [0.15, 0.2) is 23.1 Å². The van der Waals surface area contributed by atoms with Crippen LogP contribution in [-0.2, 0) is 17.8 Å². The Bertz CT molecular complexity index is 1650. The van der Waals surface area contributed by atoms with Gasteiger partial charge in [-0.1, -0.05) is 0 Å². The van der Waals surface area contributed by atoms with E-state index in [0.717, 1.165) is 38.5 Å². The number of aromatic hydroxyl groups is 1. The average molecular weight is 661 g/mol. The summed E-state index contributed by atoms with van der Waals surface area (Å²) in [4.78, 5) is 53.6. The molecule has 5 aliphatic rings. The Kier molecular flexibility index (Phi) is 8.52. The van der Waals surface area contributed by atoms with Gasteiger partial charge in [-0.25, -0.2) is 18.0 Å². The maximum Gasteiger partial charge on any atom is 0.410 e. The van der Waals surface area contributed by atoms with Crippen LogP contribution in [0.2, 0.25) is 0 Å². The lowest BCUT2D eigenvalue weighted by Gasteiger charge is -2.40. The number of nitrogens with zero attached hydrogens (tertiary/aromatic N) is 3. The van der Waals surface area contributed by atoms with Crippen molar-refractivity contribution >= 4 is 17.9 Å². The molecular weight excluding hydrogens is 621 g/mol. The van der Waals surface area contributed by atoms with Crippen molar-refractivity contribution in [3.05, 3.63) is 62.8 Å². The standard InChI is InChI=1S/C21H18F3N3O4.C12H21NO3/c22-10-4-14(23)12(15(24)5-10)6-25-20(30)13-7-26-8-16-9-1-2-11(3-9)27(16)21(31)17(26)19(29)18(13)28;1-12(2,3)16-11(15)13-9-5-4-8(6-9)10(13)7-14/h4-5,7,9,11,16,29H,1-3,6,8H2,(H,25,30);8-10,14H,4-7H2,1-3H3/t9-,11+,16-;8-,9+,10-/m11/s1. The van der Waals surface area contributed by atoms with E-state index >= 15 is 0 Å². The van der Waals surface area contributed by atoms with E-state index in [1.54, 1.807) is 9.80 Å². The normalized spacial score (nSPS) is 26.9. The highest BCUT2D eigenvalue weighted by Crippen LogP contribution is 2.46. The third-order valence-electron chi connectivity index (χ3n) is 10.1. The zero-order chi connectivity index (χ0) is 33.9. The first kappa shape index (κ1) is 32.9. The Balaban J connectivity index is 0.000000203. The first-order valence-electron chi connectivity index (χ1n) is 16.0. The smallest absolute Gasteiger partial charge is 0.410 e. The van der Waals surface area contributed by atoms with Gasteiger partial charge in [0.15, 0.2) is 11.4 Å². The number of hydrogen-bond donors (Lipinski definition) is 3. The molecule has 0 spiro atoms. The number of ether oxygens (including phenoxy) is 1. The molecule has 1 aromatic carbocycles. The molecule has 2 aliphatic carbocycles. The lowest BCUT2D eigenvalue weighted by Crippen LogP contribution is -2.52. The zero-order valence-electron chi connectivity index (χ0n) is 26.5. The number of carbonyl (C=O) groups is 3. The van der Waals surface area contributed by atoms with Crippen LogP contribution in [0.3, 0.4) is 0 Å². The Hall–Kier alpha value is -4.07. The molecule has 0 unspecified atom stereocenters. The van der Waals surface area contributed by atoms with E-state index in [9.17, 15) is 42.6 Å². The van der Waals surface area contributed by atoms with Gasteiger partial charge in [0, 0.05) is 49.1 Å². The number of likely N-dealkylation sites (tertiary alicyclic amines) is 1. The molecular formula is C33H39F3N4O7. The number of fused-ring (bicyclic) bond motifs is 8. The summed E-state index contributed by atoms with van der Waals surface area (Å²) in [6.07, 6.45) is 6.94. The van der Waals surface area contributed by atoms with Crippen LogP contribution in [0.4, 0.5) is 18.0 Å². The highest BCUT2D eigenvalue weighted by molar-refractivity contribution is 5.99. The molecule has 4 fully saturated rings. The van der Waals surface area contributed by atoms with Crippen LogP contribution in [0.5, 0.6) is 5.75 Å². The topological polar surface area (TPSA) is 141 Å². The second-order valence-electron chi connectivity index (χ2n) is 14.1. The van der Waals surface area contributed by atoms with Crippen molar-refractivity contribution in [2.45, 2.75) is 102 Å². The van der Waals surface area contributed by atoms with Gasteiger partial charge < -0.3 is 29.7 Å². The maximum atomic E-state index is 13.8. The third kappa shape index (κ3) is 5.96. The van der Waals surface area contributed by atoms with E-state index in [4.69, 9.17) is 4.74 Å². The molecule has 0 radical (unpaired) electrons. The molecule has 3 aliphatic heterocycles. The highest BCUT2D eigenvalue weighted by atomic mass is 19.1. The molecule has 254 valence electrons. The number of carbonyl (C=O) groups excluding carboxylic acids is 3. The van der Waals surface area contributed by atoms with E-state index < -0.39 is 63.7 Å². The van der Waals surface area contributed by atoms with E-state index in [1.807, 2.05) is 20.8 Å². The number of hydrogen-bond acceptors (Lipinski definition) is 7. The Morgan fingerprint density at radius 3 is 2.30 bits per heavy atom. The number of nitrogens with one attached hydrogen (secondary N) is 1. The molecule has 4 heterocycles. The van der Waals surface area contributed by atoms with Crippen molar-refractivity contribution in [3.8, 4) is 5.75 Å². The van der Waals surface area contributed by atoms with E-state index in [2.05, 4.69) is 5.32 Å². The van der Waals surface area contributed by atoms with Gasteiger partial charge in [-0.05, 0) is 71.1 Å². The fourth-order valence-corrected chi connectivity index (χ4v) is 8.08. The van der Waals surface area contributed by atoms with Crippen LogP contribution in [0.25, 0.3) is 0 Å². The second kappa shape index (κ2) is 12.2. The summed E-state index contributed by atoms with van der Waals surface area (Å²) in [6, 6.07) is 1.28. The van der Waals surface area contributed by atoms with E-state index in [0.29, 0.717) is 30.5 Å². The summed E-state index contributed by atoms with van der Waals surface area (Å²) < 4.78 is 47.4. The number of benzene rings is 1. The first-order chi connectivity index (χ1) is 22.2. The van der Waals surface area contributed by atoms with Crippen molar-refractivity contribution in [2.24, 2.45) is 11.8 Å². The average Bonchev–Trinajstić information content (AvgIpc) is 3.79. The summed E-state index contributed by atoms with van der Waals surface area (Å²) >= 11 is 0. The number of rotatable bonds is 4. The molecule has 6 atom stereocenters. The largest absolute Gasteiger partial charge is 0.503 e. The molecule has 47 heavy (non-hydrogen) atoms. The van der Waals surface area contributed by atoms with Gasteiger partial charge in [0.05, 0.1) is 18.7 Å². The van der Waals surface area contributed by atoms with Crippen LogP contribution in [0.1, 0.15) is 85.7 Å². The summed E-state index contributed by atoms with van der Waals surface area (Å²) in [7, 11) is 0. The summed E-state index contributed by atoms with van der Waals surface area (Å²) in [5, 5.41) is 22.0. The molecule has 4 bridgehead atoms. The summed E-state index contributed by atoms with van der Waals surface area (Å²) in [6.45, 7) is 5.38. The van der Waals surface area contributed by atoms with Gasteiger partial charge in [0.1, 0.15) is 28.6 Å². The van der Waals surface area contributed by atoms with Crippen molar-refractivity contribution in [2.75, 3.05) is 6.61 Å². The maximum absolute atomic E-state index is 13.8.